The van der Waals surface area contributed by atoms with Crippen molar-refractivity contribution in [2.75, 3.05) is 5.32 Å². The van der Waals surface area contributed by atoms with Gasteiger partial charge in [0.05, 0.1) is 0 Å². The summed E-state index contributed by atoms with van der Waals surface area (Å²) in [6.45, 7) is 0. The minimum atomic E-state index is -1.07. The second-order valence-electron chi connectivity index (χ2n) is 4.09. The standard InChI is InChI=1S/C14H10BrClFNO2/c15-12-7-9(17)4-5-11(12)13(14(19)20)18-10-3-1-2-8(16)6-10/h1-7,13,18H,(H,19,20). The van der Waals surface area contributed by atoms with Gasteiger partial charge in [0, 0.05) is 15.2 Å². The molecule has 0 heterocycles. The topological polar surface area (TPSA) is 49.3 Å². The predicted molar refractivity (Wildman–Crippen MR) is 79.6 cm³/mol. The predicted octanol–water partition coefficient (Wildman–Crippen LogP) is 4.48. The largest absolute Gasteiger partial charge is 0.479 e. The average Bonchev–Trinajstić information content (AvgIpc) is 2.36. The van der Waals surface area contributed by atoms with Crippen LogP contribution in [0.4, 0.5) is 10.1 Å². The Labute approximate surface area is 128 Å². The van der Waals surface area contributed by atoms with Gasteiger partial charge in [-0.15, -0.1) is 0 Å². The van der Waals surface area contributed by atoms with Crippen LogP contribution in [-0.4, -0.2) is 11.1 Å². The number of hydrogen-bond acceptors (Lipinski definition) is 2. The van der Waals surface area contributed by atoms with Gasteiger partial charge in [-0.25, -0.2) is 9.18 Å². The first kappa shape index (κ1) is 14.8. The molecule has 0 radical (unpaired) electrons. The molecule has 0 spiro atoms. The number of carboxylic acid groups (broad SMARTS) is 1. The van der Waals surface area contributed by atoms with Gasteiger partial charge in [0.15, 0.2) is 6.04 Å². The van der Waals surface area contributed by atoms with E-state index in [-0.39, 0.29) is 0 Å². The molecule has 6 heteroatoms. The highest BCUT2D eigenvalue weighted by molar-refractivity contribution is 9.10. The van der Waals surface area contributed by atoms with E-state index in [4.69, 9.17) is 11.6 Å². The molecule has 3 nitrogen and oxygen atoms in total. The maximum Gasteiger partial charge on any atom is 0.330 e. The summed E-state index contributed by atoms with van der Waals surface area (Å²) in [6, 6.07) is 9.59. The van der Waals surface area contributed by atoms with Crippen molar-refractivity contribution in [3.63, 3.8) is 0 Å². The van der Waals surface area contributed by atoms with Gasteiger partial charge in [-0.2, -0.15) is 0 Å². The van der Waals surface area contributed by atoms with Crippen LogP contribution < -0.4 is 5.32 Å². The van der Waals surface area contributed by atoms with Crippen molar-refractivity contribution in [1.82, 2.24) is 0 Å². The Morgan fingerprint density at radius 2 is 2.05 bits per heavy atom. The lowest BCUT2D eigenvalue weighted by Gasteiger charge is -2.17. The molecular weight excluding hydrogens is 349 g/mol. The van der Waals surface area contributed by atoms with Crippen LogP contribution >= 0.6 is 27.5 Å². The van der Waals surface area contributed by atoms with Crippen LogP contribution in [0.5, 0.6) is 0 Å². The lowest BCUT2D eigenvalue weighted by atomic mass is 10.1. The molecular formula is C14H10BrClFNO2. The Balaban J connectivity index is 2.34. The van der Waals surface area contributed by atoms with Crippen molar-refractivity contribution in [2.24, 2.45) is 0 Å². The fraction of sp³-hybridized carbons (Fsp3) is 0.0714. The number of anilines is 1. The molecule has 2 aromatic carbocycles. The van der Waals surface area contributed by atoms with Gasteiger partial charge in [-0.3, -0.25) is 0 Å². The molecule has 2 N–H and O–H groups in total. The zero-order valence-corrected chi connectivity index (χ0v) is 12.5. The van der Waals surface area contributed by atoms with Crippen LogP contribution in [0.25, 0.3) is 0 Å². The average molecular weight is 359 g/mol. The summed E-state index contributed by atoms with van der Waals surface area (Å²) in [7, 11) is 0. The van der Waals surface area contributed by atoms with Crippen molar-refractivity contribution >= 4 is 39.2 Å². The maximum absolute atomic E-state index is 13.1. The molecule has 20 heavy (non-hydrogen) atoms. The summed E-state index contributed by atoms with van der Waals surface area (Å²) >= 11 is 9.03. The van der Waals surface area contributed by atoms with Gasteiger partial charge >= 0.3 is 5.97 Å². The van der Waals surface area contributed by atoms with Gasteiger partial charge in [0.1, 0.15) is 5.82 Å². The zero-order chi connectivity index (χ0) is 14.7. The molecule has 0 saturated carbocycles. The zero-order valence-electron chi connectivity index (χ0n) is 10.1. The summed E-state index contributed by atoms with van der Waals surface area (Å²) in [5.74, 6) is -1.51. The van der Waals surface area contributed by atoms with Crippen LogP contribution in [-0.2, 0) is 4.79 Å². The van der Waals surface area contributed by atoms with Gasteiger partial charge in [-0.1, -0.05) is 39.7 Å². The summed E-state index contributed by atoms with van der Waals surface area (Å²) < 4.78 is 13.5. The second-order valence-corrected chi connectivity index (χ2v) is 5.38. The van der Waals surface area contributed by atoms with Crippen LogP contribution in [0.3, 0.4) is 0 Å². The molecule has 0 aliphatic rings. The third kappa shape index (κ3) is 3.49. The highest BCUT2D eigenvalue weighted by Crippen LogP contribution is 2.28. The van der Waals surface area contributed by atoms with E-state index in [1.54, 1.807) is 24.3 Å². The molecule has 0 fully saturated rings. The fourth-order valence-electron chi connectivity index (χ4n) is 1.75. The van der Waals surface area contributed by atoms with E-state index in [0.29, 0.717) is 20.7 Å². The molecule has 1 atom stereocenters. The van der Waals surface area contributed by atoms with Gasteiger partial charge in [0.25, 0.3) is 0 Å². The highest BCUT2D eigenvalue weighted by atomic mass is 79.9. The van der Waals surface area contributed by atoms with Crippen molar-refractivity contribution < 1.29 is 14.3 Å². The molecule has 2 rings (SSSR count). The SMILES string of the molecule is O=C(O)C(Nc1cccc(Cl)c1)c1ccc(F)cc1Br. The van der Waals surface area contributed by atoms with Gasteiger partial charge in [0.2, 0.25) is 0 Å². The lowest BCUT2D eigenvalue weighted by Crippen LogP contribution is -2.21. The van der Waals surface area contributed by atoms with Crippen molar-refractivity contribution in [3.8, 4) is 0 Å². The Hall–Kier alpha value is -1.59. The van der Waals surface area contributed by atoms with Crippen LogP contribution in [0, 0.1) is 5.82 Å². The first-order valence-corrected chi connectivity index (χ1v) is 6.84. The van der Waals surface area contributed by atoms with E-state index in [0.717, 1.165) is 0 Å². The minimum absolute atomic E-state index is 0.388. The van der Waals surface area contributed by atoms with Crippen LogP contribution in [0.15, 0.2) is 46.9 Å². The fourth-order valence-corrected chi connectivity index (χ4v) is 2.52. The normalized spacial score (nSPS) is 11.9. The Kier molecular flexibility index (Phi) is 4.62. The number of hydrogen-bond donors (Lipinski definition) is 2. The number of halogens is 3. The summed E-state index contributed by atoms with van der Waals surface area (Å²) in [5, 5.41) is 12.7. The molecule has 1 unspecified atom stereocenters. The Morgan fingerprint density at radius 3 is 2.65 bits per heavy atom. The summed E-state index contributed by atoms with van der Waals surface area (Å²) in [5.41, 5.74) is 1.00. The molecule has 0 bridgehead atoms. The van der Waals surface area contributed by atoms with Crippen molar-refractivity contribution in [3.05, 3.63) is 63.3 Å². The third-order valence-electron chi connectivity index (χ3n) is 2.66. The third-order valence-corrected chi connectivity index (χ3v) is 3.58. The Morgan fingerprint density at radius 1 is 1.30 bits per heavy atom. The number of carbonyl (C=O) groups is 1. The summed E-state index contributed by atoms with van der Waals surface area (Å²) in [6.07, 6.45) is 0. The van der Waals surface area contributed by atoms with Gasteiger partial charge < -0.3 is 10.4 Å². The second kappa shape index (κ2) is 6.24. The lowest BCUT2D eigenvalue weighted by molar-refractivity contribution is -0.138. The molecule has 0 aliphatic carbocycles. The van der Waals surface area contributed by atoms with E-state index >= 15 is 0 Å². The molecule has 2 aromatic rings. The Bertz CT molecular complexity index is 651. The minimum Gasteiger partial charge on any atom is -0.479 e. The highest BCUT2D eigenvalue weighted by Gasteiger charge is 2.22. The molecule has 0 saturated heterocycles. The maximum atomic E-state index is 13.1. The number of rotatable bonds is 4. The quantitative estimate of drug-likeness (QED) is 0.847. The van der Waals surface area contributed by atoms with E-state index in [1.807, 2.05) is 0 Å². The van der Waals surface area contributed by atoms with E-state index in [1.165, 1.54) is 18.2 Å². The number of nitrogens with one attached hydrogen (secondary N) is 1. The summed E-state index contributed by atoms with van der Waals surface area (Å²) in [4.78, 5) is 11.4. The molecule has 0 aromatic heterocycles. The smallest absolute Gasteiger partial charge is 0.330 e. The van der Waals surface area contributed by atoms with Crippen molar-refractivity contribution in [1.29, 1.82) is 0 Å². The van der Waals surface area contributed by atoms with E-state index < -0.39 is 17.8 Å². The number of aliphatic carboxylic acids is 1. The van der Waals surface area contributed by atoms with E-state index in [2.05, 4.69) is 21.2 Å². The molecule has 0 amide bonds. The van der Waals surface area contributed by atoms with Crippen molar-refractivity contribution in [2.45, 2.75) is 6.04 Å². The van der Waals surface area contributed by atoms with Crippen LogP contribution in [0.2, 0.25) is 5.02 Å². The molecule has 0 aliphatic heterocycles. The first-order chi connectivity index (χ1) is 9.47. The number of carboxylic acids is 1. The first-order valence-electron chi connectivity index (χ1n) is 5.67. The molecule has 104 valence electrons. The number of benzene rings is 2. The van der Waals surface area contributed by atoms with E-state index in [9.17, 15) is 14.3 Å². The van der Waals surface area contributed by atoms with Gasteiger partial charge in [-0.05, 0) is 35.9 Å². The monoisotopic (exact) mass is 357 g/mol. The van der Waals surface area contributed by atoms with Crippen LogP contribution in [0.1, 0.15) is 11.6 Å².